The molecule has 0 aromatic heterocycles. The first-order valence-corrected chi connectivity index (χ1v) is 14.4. The second kappa shape index (κ2) is 9.08. The molecule has 1 fully saturated rings. The van der Waals surface area contributed by atoms with Gasteiger partial charge < -0.3 is 9.53 Å². The van der Waals surface area contributed by atoms with Crippen molar-refractivity contribution >= 4 is 8.32 Å². The van der Waals surface area contributed by atoms with Crippen molar-refractivity contribution in [2.45, 2.75) is 123 Å². The van der Waals surface area contributed by atoms with E-state index in [9.17, 15) is 13.9 Å². The van der Waals surface area contributed by atoms with Gasteiger partial charge in [0.2, 0.25) is 0 Å². The number of fused-ring (bicyclic) bond motifs is 1. The highest BCUT2D eigenvalue weighted by molar-refractivity contribution is 6.73. The van der Waals surface area contributed by atoms with Crippen LogP contribution in [0.25, 0.3) is 0 Å². The van der Waals surface area contributed by atoms with Crippen LogP contribution in [-0.4, -0.2) is 31.1 Å². The molecule has 2 rings (SSSR count). The van der Waals surface area contributed by atoms with Crippen molar-refractivity contribution in [1.82, 2.24) is 0 Å². The molecule has 1 N–H and O–H groups in total. The van der Waals surface area contributed by atoms with Crippen LogP contribution < -0.4 is 0 Å². The summed E-state index contributed by atoms with van der Waals surface area (Å²) in [5, 5.41) is 9.80. The van der Waals surface area contributed by atoms with Gasteiger partial charge in [-0.2, -0.15) is 0 Å². The van der Waals surface area contributed by atoms with Crippen LogP contribution in [0.4, 0.5) is 8.78 Å². The maximum atomic E-state index is 14.3. The molecule has 0 aromatic rings. The summed E-state index contributed by atoms with van der Waals surface area (Å²) in [7, 11) is -1.66. The third kappa shape index (κ3) is 4.98. The molecular formula is C24H44F2O2Si. The molecule has 2 nitrogen and oxygen atoms in total. The van der Waals surface area contributed by atoms with Gasteiger partial charge in [0, 0.05) is 12.5 Å². The summed E-state index contributed by atoms with van der Waals surface area (Å²) in [5.41, 5.74) is -0.539. The zero-order valence-corrected chi connectivity index (χ0v) is 20.8. The summed E-state index contributed by atoms with van der Waals surface area (Å²) in [6.45, 7) is 13.7. The monoisotopic (exact) mass is 430 g/mol. The molecule has 170 valence electrons. The molecule has 5 heteroatoms. The van der Waals surface area contributed by atoms with E-state index in [-0.39, 0.29) is 17.8 Å². The van der Waals surface area contributed by atoms with Crippen LogP contribution in [0.3, 0.4) is 0 Å². The molecule has 0 unspecified atom stereocenters. The van der Waals surface area contributed by atoms with E-state index in [4.69, 9.17) is 4.43 Å². The number of hydrogen-bond acceptors (Lipinski definition) is 2. The molecule has 0 amide bonds. The van der Waals surface area contributed by atoms with Gasteiger partial charge in [-0.15, -0.1) is 0 Å². The Bertz CT molecular complexity index is 572. The molecule has 0 bridgehead atoms. The molecule has 2 aliphatic carbocycles. The summed E-state index contributed by atoms with van der Waals surface area (Å²) in [4.78, 5) is 0. The largest absolute Gasteiger partial charge is 0.414 e. The SMILES string of the molecule is CC[Si](CC)(CC)O[C@H]1CCC[C@]2(C)C([C@H](C)CCC(F)(F)C(C)(C)O)=CC[C@@H]12. The van der Waals surface area contributed by atoms with Gasteiger partial charge >= 0.3 is 0 Å². The number of aliphatic hydroxyl groups is 1. The fourth-order valence-corrected chi connectivity index (χ4v) is 8.73. The van der Waals surface area contributed by atoms with Gasteiger partial charge in [-0.1, -0.05) is 52.7 Å². The first kappa shape index (κ1) is 25.0. The zero-order valence-electron chi connectivity index (χ0n) is 19.8. The fraction of sp³-hybridized carbons (Fsp3) is 0.917. The number of allylic oxidation sites excluding steroid dienone is 2. The molecular weight excluding hydrogens is 386 g/mol. The second-order valence-electron chi connectivity index (χ2n) is 10.4. The van der Waals surface area contributed by atoms with Crippen LogP contribution in [0, 0.1) is 17.3 Å². The third-order valence-corrected chi connectivity index (χ3v) is 13.0. The van der Waals surface area contributed by atoms with Gasteiger partial charge in [-0.25, -0.2) is 8.78 Å². The van der Waals surface area contributed by atoms with Crippen LogP contribution >= 0.6 is 0 Å². The van der Waals surface area contributed by atoms with Crippen molar-refractivity contribution in [3.8, 4) is 0 Å². The normalized spacial score (nSPS) is 29.5. The Balaban J connectivity index is 2.11. The van der Waals surface area contributed by atoms with E-state index < -0.39 is 19.8 Å². The Labute approximate surface area is 178 Å². The highest BCUT2D eigenvalue weighted by Gasteiger charge is 2.51. The minimum absolute atomic E-state index is 0.0711. The summed E-state index contributed by atoms with van der Waals surface area (Å²) >= 11 is 0. The van der Waals surface area contributed by atoms with E-state index in [0.717, 1.165) is 25.7 Å². The van der Waals surface area contributed by atoms with Crippen molar-refractivity contribution in [2.24, 2.45) is 17.3 Å². The first-order valence-electron chi connectivity index (χ1n) is 11.8. The van der Waals surface area contributed by atoms with E-state index in [0.29, 0.717) is 18.4 Å². The maximum absolute atomic E-state index is 14.3. The second-order valence-corrected chi connectivity index (χ2v) is 15.1. The summed E-state index contributed by atoms with van der Waals surface area (Å²) in [6.07, 6.45) is 7.25. The molecule has 29 heavy (non-hydrogen) atoms. The summed E-state index contributed by atoms with van der Waals surface area (Å²) in [5.74, 6) is -2.46. The predicted molar refractivity (Wildman–Crippen MR) is 120 cm³/mol. The quantitative estimate of drug-likeness (QED) is 0.290. The number of rotatable bonds is 10. The van der Waals surface area contributed by atoms with Gasteiger partial charge in [-0.3, -0.25) is 0 Å². The number of hydrogen-bond donors (Lipinski definition) is 1. The van der Waals surface area contributed by atoms with Gasteiger partial charge in [0.15, 0.2) is 8.32 Å². The van der Waals surface area contributed by atoms with E-state index in [1.54, 1.807) is 0 Å². The van der Waals surface area contributed by atoms with Crippen molar-refractivity contribution in [1.29, 1.82) is 0 Å². The van der Waals surface area contributed by atoms with Crippen molar-refractivity contribution < 1.29 is 18.3 Å². The average Bonchev–Trinajstić information content (AvgIpc) is 3.01. The number of alkyl halides is 2. The van der Waals surface area contributed by atoms with Crippen molar-refractivity contribution in [3.63, 3.8) is 0 Å². The van der Waals surface area contributed by atoms with Gasteiger partial charge in [0.1, 0.15) is 5.60 Å². The van der Waals surface area contributed by atoms with Gasteiger partial charge in [0.25, 0.3) is 5.92 Å². The van der Waals surface area contributed by atoms with Crippen LogP contribution in [-0.2, 0) is 4.43 Å². The molecule has 0 aromatic carbocycles. The lowest BCUT2D eigenvalue weighted by Gasteiger charge is -2.48. The standard InChI is InChI=1S/C24H44F2O2Si/c1-8-29(9-2,10-3)28-21-12-11-16-23(7)19(13-14-20(21)23)18(4)15-17-24(25,26)22(5,6)27/h13,18,20-21,27H,8-12,14-17H2,1-7H3/t18-,20+,21+,23-/m1/s1. The van der Waals surface area contributed by atoms with E-state index in [2.05, 4.69) is 40.7 Å². The van der Waals surface area contributed by atoms with E-state index in [1.165, 1.54) is 37.6 Å². The van der Waals surface area contributed by atoms with E-state index >= 15 is 0 Å². The lowest BCUT2D eigenvalue weighted by Crippen LogP contribution is -2.48. The number of halogens is 2. The molecule has 0 heterocycles. The minimum Gasteiger partial charge on any atom is -0.414 e. The third-order valence-electron chi connectivity index (χ3n) is 8.35. The van der Waals surface area contributed by atoms with Crippen molar-refractivity contribution in [3.05, 3.63) is 11.6 Å². The Morgan fingerprint density at radius 1 is 1.24 bits per heavy atom. The lowest BCUT2D eigenvalue weighted by molar-refractivity contribution is -0.167. The van der Waals surface area contributed by atoms with Crippen LogP contribution in [0.5, 0.6) is 0 Å². The van der Waals surface area contributed by atoms with Crippen LogP contribution in [0.2, 0.25) is 18.1 Å². The Morgan fingerprint density at radius 3 is 2.34 bits per heavy atom. The molecule has 4 atom stereocenters. The highest BCUT2D eigenvalue weighted by atomic mass is 28.4. The molecule has 2 aliphatic rings. The molecule has 0 aliphatic heterocycles. The predicted octanol–water partition coefficient (Wildman–Crippen LogP) is 7.34. The maximum Gasteiger partial charge on any atom is 0.275 e. The smallest absolute Gasteiger partial charge is 0.275 e. The molecule has 0 spiro atoms. The first-order chi connectivity index (χ1) is 13.4. The molecule has 1 saturated carbocycles. The topological polar surface area (TPSA) is 29.5 Å². The lowest BCUT2D eigenvalue weighted by atomic mass is 9.63. The summed E-state index contributed by atoms with van der Waals surface area (Å²) < 4.78 is 35.5. The highest BCUT2D eigenvalue weighted by Crippen LogP contribution is 2.56. The van der Waals surface area contributed by atoms with E-state index in [1.807, 2.05) is 0 Å². The zero-order chi connectivity index (χ0) is 22.1. The molecule has 0 saturated heterocycles. The fourth-order valence-electron chi connectivity index (χ4n) is 5.81. The average molecular weight is 431 g/mol. The van der Waals surface area contributed by atoms with Gasteiger partial charge in [-0.05, 0) is 74.9 Å². The molecule has 0 radical (unpaired) electrons. The van der Waals surface area contributed by atoms with Crippen LogP contribution in [0.1, 0.15) is 87.0 Å². The Hall–Kier alpha value is -0.263. The Morgan fingerprint density at radius 2 is 1.83 bits per heavy atom. The minimum atomic E-state index is -3.06. The van der Waals surface area contributed by atoms with Crippen molar-refractivity contribution in [2.75, 3.05) is 0 Å². The van der Waals surface area contributed by atoms with Crippen LogP contribution in [0.15, 0.2) is 11.6 Å². The Kier molecular flexibility index (Phi) is 7.83. The summed E-state index contributed by atoms with van der Waals surface area (Å²) in [6, 6.07) is 3.51. The van der Waals surface area contributed by atoms with Gasteiger partial charge in [0.05, 0.1) is 0 Å².